The molecule has 0 aliphatic carbocycles. The largest absolute Gasteiger partial charge is 0.381 e. The van der Waals surface area contributed by atoms with Crippen molar-refractivity contribution in [3.63, 3.8) is 0 Å². The number of carbonyl (C=O) groups excluding carboxylic acids is 1. The molecule has 0 N–H and O–H groups in total. The van der Waals surface area contributed by atoms with Gasteiger partial charge in [0.2, 0.25) is 5.91 Å². The zero-order valence-corrected chi connectivity index (χ0v) is 23.8. The van der Waals surface area contributed by atoms with E-state index in [1.807, 2.05) is 11.8 Å². The summed E-state index contributed by atoms with van der Waals surface area (Å²) in [6.07, 6.45) is 5.80. The Morgan fingerprint density at radius 1 is 1.03 bits per heavy atom. The maximum Gasteiger partial charge on any atom is 0.227 e. The van der Waals surface area contributed by atoms with E-state index in [1.54, 1.807) is 24.3 Å². The summed E-state index contributed by atoms with van der Waals surface area (Å²) >= 11 is 0. The van der Waals surface area contributed by atoms with Crippen LogP contribution in [0.1, 0.15) is 56.1 Å². The number of likely N-dealkylation sites (tertiary alicyclic amines) is 1. The Balaban J connectivity index is 1.32. The number of rotatable bonds is 10. The molecule has 0 radical (unpaired) electrons. The number of nitrogens with zero attached hydrogens (tertiary/aromatic N) is 2. The second-order valence-corrected chi connectivity index (χ2v) is 12.9. The number of hydrogen-bond donors (Lipinski definition) is 0. The number of amides is 1. The summed E-state index contributed by atoms with van der Waals surface area (Å²) in [5, 5.41) is 0. The van der Waals surface area contributed by atoms with Gasteiger partial charge in [0.25, 0.3) is 0 Å². The van der Waals surface area contributed by atoms with Gasteiger partial charge in [0, 0.05) is 51.2 Å². The van der Waals surface area contributed by atoms with Crippen LogP contribution in [0.3, 0.4) is 0 Å². The van der Waals surface area contributed by atoms with E-state index in [-0.39, 0.29) is 29.2 Å². The van der Waals surface area contributed by atoms with Gasteiger partial charge in [-0.2, -0.15) is 0 Å². The molecule has 1 amide bonds. The van der Waals surface area contributed by atoms with Crippen molar-refractivity contribution in [2.45, 2.75) is 62.3 Å². The molecular weight excluding hydrogens is 522 g/mol. The highest BCUT2D eigenvalue weighted by Crippen LogP contribution is 2.36. The molecule has 0 aromatic heterocycles. The van der Waals surface area contributed by atoms with Crippen LogP contribution >= 0.6 is 0 Å². The quantitative estimate of drug-likeness (QED) is 0.415. The molecule has 214 valence electrons. The van der Waals surface area contributed by atoms with E-state index in [1.165, 1.54) is 18.4 Å². The van der Waals surface area contributed by atoms with Crippen LogP contribution in [0, 0.1) is 17.6 Å². The Kier molecular flexibility index (Phi) is 10.1. The van der Waals surface area contributed by atoms with Crippen molar-refractivity contribution in [1.29, 1.82) is 0 Å². The predicted octanol–water partition coefficient (Wildman–Crippen LogP) is 4.82. The lowest BCUT2D eigenvalue weighted by atomic mass is 9.79. The normalized spacial score (nSPS) is 18.7. The van der Waals surface area contributed by atoms with Gasteiger partial charge in [-0.3, -0.25) is 4.79 Å². The Hall–Kier alpha value is -2.36. The number of sulfone groups is 1. The molecule has 39 heavy (non-hydrogen) atoms. The van der Waals surface area contributed by atoms with Gasteiger partial charge in [-0.1, -0.05) is 12.1 Å². The molecule has 0 spiro atoms. The maximum absolute atomic E-state index is 14.0. The van der Waals surface area contributed by atoms with Gasteiger partial charge in [-0.25, -0.2) is 17.2 Å². The maximum atomic E-state index is 14.0. The molecule has 0 unspecified atom stereocenters. The van der Waals surface area contributed by atoms with Crippen molar-refractivity contribution < 1.29 is 26.7 Å². The molecule has 2 fully saturated rings. The van der Waals surface area contributed by atoms with E-state index in [4.69, 9.17) is 4.74 Å². The fourth-order valence-electron chi connectivity index (χ4n) is 6.13. The average Bonchev–Trinajstić information content (AvgIpc) is 2.90. The third kappa shape index (κ3) is 8.08. The van der Waals surface area contributed by atoms with Crippen molar-refractivity contribution in [3.8, 4) is 0 Å². The number of ether oxygens (including phenoxy) is 1. The summed E-state index contributed by atoms with van der Waals surface area (Å²) in [7, 11) is -3.27. The summed E-state index contributed by atoms with van der Waals surface area (Å²) in [6.45, 7) is 6.58. The summed E-state index contributed by atoms with van der Waals surface area (Å²) in [5.74, 6) is -0.579. The van der Waals surface area contributed by atoms with Crippen molar-refractivity contribution in [3.05, 3.63) is 65.2 Å². The minimum Gasteiger partial charge on any atom is -0.381 e. The van der Waals surface area contributed by atoms with E-state index in [2.05, 4.69) is 4.90 Å². The number of halogens is 2. The van der Waals surface area contributed by atoms with Gasteiger partial charge in [-0.05, 0) is 92.8 Å². The van der Waals surface area contributed by atoms with Crippen molar-refractivity contribution in [2.24, 2.45) is 5.92 Å². The lowest BCUT2D eigenvalue weighted by Crippen LogP contribution is -2.48. The van der Waals surface area contributed by atoms with Crippen LogP contribution in [0.2, 0.25) is 0 Å². The van der Waals surface area contributed by atoms with Crippen LogP contribution in [0.4, 0.5) is 8.78 Å². The van der Waals surface area contributed by atoms with E-state index < -0.39 is 21.5 Å². The number of benzene rings is 2. The van der Waals surface area contributed by atoms with Crippen molar-refractivity contribution >= 4 is 15.7 Å². The van der Waals surface area contributed by atoms with Crippen LogP contribution in [0.25, 0.3) is 0 Å². The number of carbonyl (C=O) groups is 1. The first-order valence-corrected chi connectivity index (χ1v) is 15.9. The molecule has 2 saturated heterocycles. The van der Waals surface area contributed by atoms with E-state index >= 15 is 0 Å². The first-order chi connectivity index (χ1) is 18.6. The molecule has 1 atom stereocenters. The van der Waals surface area contributed by atoms with Gasteiger partial charge in [0.05, 0.1) is 11.3 Å². The molecule has 0 bridgehead atoms. The second-order valence-electron chi connectivity index (χ2n) is 10.9. The zero-order valence-electron chi connectivity index (χ0n) is 23.0. The smallest absolute Gasteiger partial charge is 0.227 e. The molecule has 2 aliphatic rings. The molecule has 6 nitrogen and oxygen atoms in total. The van der Waals surface area contributed by atoms with E-state index in [9.17, 15) is 22.0 Å². The summed E-state index contributed by atoms with van der Waals surface area (Å²) < 4.78 is 57.0. The fourth-order valence-corrected chi connectivity index (χ4v) is 6.76. The van der Waals surface area contributed by atoms with Crippen LogP contribution in [-0.4, -0.2) is 75.8 Å². The average molecular weight is 563 g/mol. The highest BCUT2D eigenvalue weighted by atomic mass is 32.2. The lowest BCUT2D eigenvalue weighted by molar-refractivity contribution is -0.133. The standard InChI is InChI=1S/C30H40F2N2O4S/c1-3-34(30(35)18-22-4-6-28(7-5-22)39(2,36)37)27-8-13-33(14-9-27)15-10-29(23-11-16-38-17-12-23)24-19-25(31)21-26(32)20-24/h4-7,19-21,23,27,29H,3,8-18H2,1-2H3/t29-/m1/s1. The van der Waals surface area contributed by atoms with Crippen LogP contribution in [0.15, 0.2) is 47.4 Å². The molecule has 2 aromatic carbocycles. The third-order valence-electron chi connectivity index (χ3n) is 8.27. The number of likely N-dealkylation sites (N-methyl/N-ethyl adjacent to an activating group) is 1. The number of hydrogen-bond acceptors (Lipinski definition) is 5. The van der Waals surface area contributed by atoms with Gasteiger partial charge < -0.3 is 14.5 Å². The number of piperidine rings is 1. The summed E-state index contributed by atoms with van der Waals surface area (Å²) in [4.78, 5) is 17.7. The first-order valence-electron chi connectivity index (χ1n) is 14.0. The van der Waals surface area contributed by atoms with Gasteiger partial charge >= 0.3 is 0 Å². The molecular formula is C30H40F2N2O4S. The van der Waals surface area contributed by atoms with Gasteiger partial charge in [0.15, 0.2) is 9.84 Å². The minimum absolute atomic E-state index is 0.0516. The monoisotopic (exact) mass is 562 g/mol. The third-order valence-corrected chi connectivity index (χ3v) is 9.40. The van der Waals surface area contributed by atoms with Crippen molar-refractivity contribution in [2.75, 3.05) is 45.6 Å². The molecule has 2 aliphatic heterocycles. The summed E-state index contributed by atoms with van der Waals surface area (Å²) in [6, 6.07) is 10.6. The minimum atomic E-state index is -3.27. The highest BCUT2D eigenvalue weighted by Gasteiger charge is 2.30. The predicted molar refractivity (Wildman–Crippen MR) is 147 cm³/mol. The van der Waals surface area contributed by atoms with Gasteiger partial charge in [0.1, 0.15) is 11.6 Å². The van der Waals surface area contributed by atoms with Gasteiger partial charge in [-0.15, -0.1) is 0 Å². The second kappa shape index (κ2) is 13.3. The Morgan fingerprint density at radius 2 is 1.64 bits per heavy atom. The van der Waals surface area contributed by atoms with E-state index in [0.717, 1.165) is 68.9 Å². The molecule has 9 heteroatoms. The fraction of sp³-hybridized carbons (Fsp3) is 0.567. The first kappa shape index (κ1) is 29.6. The van der Waals surface area contributed by atoms with Crippen LogP contribution in [0.5, 0.6) is 0 Å². The topological polar surface area (TPSA) is 66.9 Å². The zero-order chi connectivity index (χ0) is 28.0. The summed E-state index contributed by atoms with van der Waals surface area (Å²) in [5.41, 5.74) is 1.54. The Labute approximate surface area is 231 Å². The molecule has 0 saturated carbocycles. The van der Waals surface area contributed by atoms with Crippen molar-refractivity contribution in [1.82, 2.24) is 9.80 Å². The lowest BCUT2D eigenvalue weighted by Gasteiger charge is -2.39. The van der Waals surface area contributed by atoms with E-state index in [0.29, 0.717) is 25.7 Å². The highest BCUT2D eigenvalue weighted by molar-refractivity contribution is 7.90. The Bertz CT molecular complexity index is 1190. The molecule has 4 rings (SSSR count). The SMILES string of the molecule is CCN(C(=O)Cc1ccc(S(C)(=O)=O)cc1)C1CCN(CC[C@@H](c2cc(F)cc(F)c2)C2CCOCC2)CC1. The van der Waals surface area contributed by atoms with Crippen LogP contribution < -0.4 is 0 Å². The Morgan fingerprint density at radius 3 is 2.21 bits per heavy atom. The molecule has 2 heterocycles. The van der Waals surface area contributed by atoms with Crippen LogP contribution in [-0.2, 0) is 25.8 Å². The molecule has 2 aromatic rings.